The zero-order valence-corrected chi connectivity index (χ0v) is 18.6. The fourth-order valence-corrected chi connectivity index (χ4v) is 4.79. The molecular weight excluding hydrogens is 380 g/mol. The molecule has 1 aliphatic carbocycles. The fourth-order valence-electron chi connectivity index (χ4n) is 4.79. The highest BCUT2D eigenvalue weighted by atomic mass is 16.5. The number of carboxylic acids is 1. The lowest BCUT2D eigenvalue weighted by molar-refractivity contribution is -0.142. The minimum atomic E-state index is -1.000. The minimum Gasteiger partial charge on any atom is -0.487 e. The molecule has 5 nitrogen and oxygen atoms in total. The summed E-state index contributed by atoms with van der Waals surface area (Å²) in [7, 11) is 0. The van der Waals surface area contributed by atoms with Crippen molar-refractivity contribution in [2.24, 2.45) is 5.92 Å². The highest BCUT2D eigenvalue weighted by molar-refractivity contribution is 5.78. The summed E-state index contributed by atoms with van der Waals surface area (Å²) < 4.78 is 12.2. The fraction of sp³-hybridized carbons (Fsp3) is 0.600. The monoisotopic (exact) mass is 414 g/mol. The van der Waals surface area contributed by atoms with Crippen LogP contribution in [0.1, 0.15) is 89.7 Å². The van der Waals surface area contributed by atoms with Crippen LogP contribution in [0.4, 0.5) is 0 Å². The molecule has 0 unspecified atom stereocenters. The normalized spacial score (nSPS) is 21.7. The van der Waals surface area contributed by atoms with E-state index in [0.29, 0.717) is 11.7 Å². The second-order valence-corrected chi connectivity index (χ2v) is 9.24. The summed E-state index contributed by atoms with van der Waals surface area (Å²) in [4.78, 5) is 23.2. The van der Waals surface area contributed by atoms with E-state index >= 15 is 0 Å². The van der Waals surface area contributed by atoms with E-state index in [2.05, 4.69) is 39.8 Å². The number of unbranched alkanes of at least 4 members (excludes halogenated alkanes) is 2. The Kier molecular flexibility index (Phi) is 6.89. The first-order chi connectivity index (χ1) is 14.2. The third-order valence-corrected chi connectivity index (χ3v) is 6.38. The van der Waals surface area contributed by atoms with Crippen molar-refractivity contribution in [3.8, 4) is 11.5 Å². The second-order valence-electron chi connectivity index (χ2n) is 9.24. The van der Waals surface area contributed by atoms with Crippen LogP contribution in [0, 0.1) is 5.92 Å². The van der Waals surface area contributed by atoms with Crippen molar-refractivity contribution in [2.75, 3.05) is 0 Å². The van der Waals surface area contributed by atoms with Crippen LogP contribution >= 0.6 is 0 Å². The van der Waals surface area contributed by atoms with Crippen molar-refractivity contribution >= 4 is 11.9 Å². The van der Waals surface area contributed by atoms with Crippen molar-refractivity contribution in [3.63, 3.8) is 0 Å². The molecule has 0 saturated heterocycles. The Morgan fingerprint density at radius 1 is 1.23 bits per heavy atom. The largest absolute Gasteiger partial charge is 0.487 e. The van der Waals surface area contributed by atoms with Gasteiger partial charge < -0.3 is 14.6 Å². The predicted octanol–water partition coefficient (Wildman–Crippen LogP) is 5.80. The summed E-state index contributed by atoms with van der Waals surface area (Å²) >= 11 is 0. The van der Waals surface area contributed by atoms with E-state index in [9.17, 15) is 9.59 Å². The molecular formula is C25H34O5. The number of carbonyl (C=O) groups is 2. The number of ether oxygens (including phenoxy) is 2. The highest BCUT2D eigenvalue weighted by Gasteiger charge is 2.46. The van der Waals surface area contributed by atoms with Gasteiger partial charge in [0.2, 0.25) is 0 Å². The molecule has 0 amide bonds. The van der Waals surface area contributed by atoms with Gasteiger partial charge in [-0.25, -0.2) is 0 Å². The molecule has 2 aliphatic rings. The lowest BCUT2D eigenvalue weighted by atomic mass is 9.67. The lowest BCUT2D eigenvalue weighted by Gasteiger charge is -2.47. The Labute approximate surface area is 179 Å². The third kappa shape index (κ3) is 5.05. The maximum Gasteiger partial charge on any atom is 0.311 e. The number of aryl methyl sites for hydroxylation is 1. The average molecular weight is 415 g/mol. The van der Waals surface area contributed by atoms with Crippen LogP contribution in [0.2, 0.25) is 0 Å². The van der Waals surface area contributed by atoms with Gasteiger partial charge >= 0.3 is 11.9 Å². The van der Waals surface area contributed by atoms with Crippen molar-refractivity contribution in [1.82, 2.24) is 0 Å². The SMILES string of the molecule is CCCCCc1cc(OC(=O)CCC(=O)O)c2c(c1)OC(C)(C)[C@@H]1CC=C(C)C[C@@H]21. The van der Waals surface area contributed by atoms with E-state index in [0.717, 1.165) is 55.4 Å². The summed E-state index contributed by atoms with van der Waals surface area (Å²) in [5, 5.41) is 8.89. The van der Waals surface area contributed by atoms with E-state index in [1.54, 1.807) is 0 Å². The Hall–Kier alpha value is -2.30. The maximum atomic E-state index is 12.4. The molecule has 1 aliphatic heterocycles. The number of benzene rings is 1. The predicted molar refractivity (Wildman–Crippen MR) is 116 cm³/mol. The molecule has 30 heavy (non-hydrogen) atoms. The number of hydrogen-bond donors (Lipinski definition) is 1. The summed E-state index contributed by atoms with van der Waals surface area (Å²) in [5.74, 6) is 0.382. The smallest absolute Gasteiger partial charge is 0.311 e. The summed E-state index contributed by atoms with van der Waals surface area (Å²) in [6, 6.07) is 4.09. The quantitative estimate of drug-likeness (QED) is 0.252. The van der Waals surface area contributed by atoms with Gasteiger partial charge in [0.05, 0.1) is 12.8 Å². The van der Waals surface area contributed by atoms with Gasteiger partial charge in [-0.2, -0.15) is 0 Å². The number of carboxylic acid groups (broad SMARTS) is 1. The standard InChI is InChI=1S/C25H34O5/c1-5-6-7-8-17-14-20(29-23(28)12-11-22(26)27)24-18-13-16(2)9-10-19(18)25(3,4)30-21(24)15-17/h9,14-15,18-19H,5-8,10-13H2,1-4H3,(H,26,27)/t18-,19-/m1/s1. The molecule has 2 atom stereocenters. The van der Waals surface area contributed by atoms with Crippen LogP contribution in [0.15, 0.2) is 23.8 Å². The molecule has 0 bridgehead atoms. The summed E-state index contributed by atoms with van der Waals surface area (Å²) in [5.41, 5.74) is 3.10. The first-order valence-electron chi connectivity index (χ1n) is 11.1. The van der Waals surface area contributed by atoms with Crippen LogP contribution in [-0.4, -0.2) is 22.6 Å². The van der Waals surface area contributed by atoms with E-state index in [4.69, 9.17) is 14.6 Å². The van der Waals surface area contributed by atoms with Gasteiger partial charge in [-0.1, -0.05) is 31.4 Å². The van der Waals surface area contributed by atoms with Crippen LogP contribution in [0.25, 0.3) is 0 Å². The van der Waals surface area contributed by atoms with Crippen molar-refractivity contribution in [3.05, 3.63) is 34.9 Å². The Bertz CT molecular complexity index is 836. The first-order valence-corrected chi connectivity index (χ1v) is 11.1. The van der Waals surface area contributed by atoms with E-state index in [1.165, 1.54) is 5.57 Å². The number of rotatable bonds is 8. The second kappa shape index (κ2) is 9.23. The van der Waals surface area contributed by atoms with Crippen LogP contribution < -0.4 is 9.47 Å². The molecule has 164 valence electrons. The van der Waals surface area contributed by atoms with Crippen LogP contribution in [0.5, 0.6) is 11.5 Å². The van der Waals surface area contributed by atoms with Gasteiger partial charge in [0.1, 0.15) is 17.1 Å². The number of esters is 1. The van der Waals surface area contributed by atoms with Gasteiger partial charge in [0.25, 0.3) is 0 Å². The summed E-state index contributed by atoms with van der Waals surface area (Å²) in [6.45, 7) is 8.61. The minimum absolute atomic E-state index is 0.135. The van der Waals surface area contributed by atoms with Crippen molar-refractivity contribution < 1.29 is 24.2 Å². The molecule has 1 aromatic rings. The van der Waals surface area contributed by atoms with Gasteiger partial charge in [0.15, 0.2) is 0 Å². The molecule has 0 radical (unpaired) electrons. The molecule has 0 saturated carbocycles. The van der Waals surface area contributed by atoms with Crippen LogP contribution in [0.3, 0.4) is 0 Å². The van der Waals surface area contributed by atoms with Gasteiger partial charge in [-0.15, -0.1) is 0 Å². The third-order valence-electron chi connectivity index (χ3n) is 6.38. The number of carbonyl (C=O) groups excluding carboxylic acids is 1. The van der Waals surface area contributed by atoms with Gasteiger partial charge in [0, 0.05) is 17.4 Å². The zero-order valence-electron chi connectivity index (χ0n) is 18.6. The first kappa shape index (κ1) is 22.4. The van der Waals surface area contributed by atoms with Gasteiger partial charge in [-0.05, 0) is 64.2 Å². The van der Waals surface area contributed by atoms with Crippen molar-refractivity contribution in [1.29, 1.82) is 0 Å². The Morgan fingerprint density at radius 2 is 2.00 bits per heavy atom. The average Bonchev–Trinajstić information content (AvgIpc) is 2.65. The Balaban J connectivity index is 1.99. The van der Waals surface area contributed by atoms with E-state index < -0.39 is 11.9 Å². The molecule has 0 spiro atoms. The molecule has 0 aromatic heterocycles. The molecule has 3 rings (SSSR count). The van der Waals surface area contributed by atoms with E-state index in [-0.39, 0.29) is 24.4 Å². The number of fused-ring (bicyclic) bond motifs is 3. The summed E-state index contributed by atoms with van der Waals surface area (Å²) in [6.07, 6.45) is 8.03. The number of hydrogen-bond acceptors (Lipinski definition) is 4. The van der Waals surface area contributed by atoms with Crippen molar-refractivity contribution in [2.45, 2.75) is 90.6 Å². The molecule has 0 fully saturated rings. The molecule has 1 N–H and O–H groups in total. The molecule has 1 aromatic carbocycles. The highest BCUT2D eigenvalue weighted by Crippen LogP contribution is 2.54. The molecule has 1 heterocycles. The van der Waals surface area contributed by atoms with Crippen LogP contribution in [-0.2, 0) is 16.0 Å². The number of aliphatic carboxylic acids is 1. The Morgan fingerprint density at radius 3 is 2.70 bits per heavy atom. The topological polar surface area (TPSA) is 72.8 Å². The van der Waals surface area contributed by atoms with E-state index in [1.807, 2.05) is 6.07 Å². The lowest BCUT2D eigenvalue weighted by Crippen LogP contribution is -2.45. The maximum absolute atomic E-state index is 12.4. The number of allylic oxidation sites excluding steroid dienone is 2. The molecule has 5 heteroatoms. The van der Waals surface area contributed by atoms with Gasteiger partial charge in [-0.3, -0.25) is 9.59 Å². The zero-order chi connectivity index (χ0) is 21.9.